The van der Waals surface area contributed by atoms with Crippen molar-refractivity contribution in [2.45, 2.75) is 53.0 Å². The molecule has 0 aromatic rings. The topological polar surface area (TPSA) is 41.6 Å². The average Bonchev–Trinajstić information content (AvgIpc) is 2.34. The molecule has 0 bridgehead atoms. The van der Waals surface area contributed by atoms with Crippen LogP contribution in [0.4, 0.5) is 0 Å². The van der Waals surface area contributed by atoms with E-state index in [0.29, 0.717) is 5.92 Å². The van der Waals surface area contributed by atoms with Gasteiger partial charge in [0.05, 0.1) is 12.5 Å². The van der Waals surface area contributed by atoms with Crippen LogP contribution in [0.15, 0.2) is 0 Å². The van der Waals surface area contributed by atoms with E-state index in [1.807, 2.05) is 13.8 Å². The highest BCUT2D eigenvalue weighted by Crippen LogP contribution is 2.23. The van der Waals surface area contributed by atoms with Crippen molar-refractivity contribution in [1.29, 1.82) is 0 Å². The van der Waals surface area contributed by atoms with Crippen LogP contribution in [0, 0.1) is 11.3 Å². The highest BCUT2D eigenvalue weighted by Gasteiger charge is 2.33. The van der Waals surface area contributed by atoms with Crippen molar-refractivity contribution in [3.8, 4) is 0 Å². The third-order valence-electron chi connectivity index (χ3n) is 3.88. The number of rotatable bonds is 5. The highest BCUT2D eigenvalue weighted by atomic mass is 16.5. The fourth-order valence-corrected chi connectivity index (χ4v) is 2.81. The predicted molar refractivity (Wildman–Crippen MR) is 82.7 cm³/mol. The van der Waals surface area contributed by atoms with Crippen LogP contribution in [0.5, 0.6) is 0 Å². The average molecular weight is 284 g/mol. The number of carbonyl (C=O) groups is 1. The van der Waals surface area contributed by atoms with Crippen molar-refractivity contribution in [3.63, 3.8) is 0 Å². The van der Waals surface area contributed by atoms with Crippen molar-refractivity contribution in [3.05, 3.63) is 0 Å². The van der Waals surface area contributed by atoms with Gasteiger partial charge in [0, 0.05) is 18.6 Å². The molecule has 0 spiro atoms. The summed E-state index contributed by atoms with van der Waals surface area (Å²) in [7, 11) is 1.47. The molecule has 1 unspecified atom stereocenters. The van der Waals surface area contributed by atoms with E-state index < -0.39 is 5.41 Å². The second kappa shape index (κ2) is 6.90. The van der Waals surface area contributed by atoms with Gasteiger partial charge in [-0.3, -0.25) is 4.79 Å². The van der Waals surface area contributed by atoms with Gasteiger partial charge in [0.2, 0.25) is 0 Å². The third kappa shape index (κ3) is 5.80. The Morgan fingerprint density at radius 2 is 1.95 bits per heavy atom. The second-order valence-corrected chi connectivity index (χ2v) is 7.75. The van der Waals surface area contributed by atoms with Crippen molar-refractivity contribution in [2.75, 3.05) is 33.3 Å². The fourth-order valence-electron chi connectivity index (χ4n) is 2.81. The van der Waals surface area contributed by atoms with Crippen LogP contribution in [-0.2, 0) is 9.53 Å². The van der Waals surface area contributed by atoms with Gasteiger partial charge >= 0.3 is 5.97 Å². The molecule has 1 atom stereocenters. The van der Waals surface area contributed by atoms with Gasteiger partial charge in [0.1, 0.15) is 0 Å². The molecule has 0 aliphatic carbocycles. The summed E-state index contributed by atoms with van der Waals surface area (Å²) in [4.78, 5) is 14.2. The Morgan fingerprint density at radius 1 is 1.30 bits per heavy atom. The summed E-state index contributed by atoms with van der Waals surface area (Å²) in [5, 5.41) is 3.59. The van der Waals surface area contributed by atoms with E-state index >= 15 is 0 Å². The molecule has 1 saturated heterocycles. The third-order valence-corrected chi connectivity index (χ3v) is 3.88. The smallest absolute Gasteiger partial charge is 0.312 e. The minimum Gasteiger partial charge on any atom is -0.469 e. The molecule has 1 fully saturated rings. The number of hydrogen-bond donors (Lipinski definition) is 1. The Labute approximate surface area is 124 Å². The first-order chi connectivity index (χ1) is 9.14. The van der Waals surface area contributed by atoms with Crippen LogP contribution in [-0.4, -0.2) is 49.7 Å². The Kier molecular flexibility index (Phi) is 6.02. The first-order valence-corrected chi connectivity index (χ1v) is 7.70. The van der Waals surface area contributed by atoms with Gasteiger partial charge in [-0.25, -0.2) is 0 Å². The lowest BCUT2D eigenvalue weighted by atomic mass is 9.90. The normalized spacial score (nSPS) is 21.8. The summed E-state index contributed by atoms with van der Waals surface area (Å²) in [6.45, 7) is 14.5. The number of nitrogens with one attached hydrogen (secondary N) is 1. The van der Waals surface area contributed by atoms with Crippen molar-refractivity contribution in [1.82, 2.24) is 10.2 Å². The maximum atomic E-state index is 11.8. The van der Waals surface area contributed by atoms with E-state index in [0.717, 1.165) is 26.2 Å². The maximum absolute atomic E-state index is 11.8. The van der Waals surface area contributed by atoms with E-state index in [1.165, 1.54) is 20.0 Å². The molecule has 0 aromatic heterocycles. The molecule has 1 aliphatic rings. The quantitative estimate of drug-likeness (QED) is 0.787. The van der Waals surface area contributed by atoms with E-state index in [-0.39, 0.29) is 11.5 Å². The van der Waals surface area contributed by atoms with Gasteiger partial charge in [-0.1, -0.05) is 0 Å². The minimum absolute atomic E-state index is 0.118. The number of hydrogen-bond acceptors (Lipinski definition) is 4. The number of carbonyl (C=O) groups excluding carboxylic acids is 1. The van der Waals surface area contributed by atoms with Gasteiger partial charge in [-0.2, -0.15) is 0 Å². The SMILES string of the molecule is COC(=O)C(C)(C)CN1CCCC(CNC(C)(C)C)C1. The first-order valence-electron chi connectivity index (χ1n) is 7.70. The predicted octanol–water partition coefficient (Wildman–Crippen LogP) is 2.29. The molecule has 1 aliphatic heterocycles. The van der Waals surface area contributed by atoms with Crippen LogP contribution in [0.1, 0.15) is 47.5 Å². The molecular weight excluding hydrogens is 252 g/mol. The zero-order chi connectivity index (χ0) is 15.4. The largest absolute Gasteiger partial charge is 0.469 e. The van der Waals surface area contributed by atoms with Gasteiger partial charge in [-0.15, -0.1) is 0 Å². The second-order valence-electron chi connectivity index (χ2n) is 7.75. The van der Waals surface area contributed by atoms with Gasteiger partial charge in [0.25, 0.3) is 0 Å². The molecule has 0 saturated carbocycles. The lowest BCUT2D eigenvalue weighted by Crippen LogP contribution is -2.48. The summed E-state index contributed by atoms with van der Waals surface area (Å²) < 4.78 is 4.90. The van der Waals surface area contributed by atoms with E-state index in [4.69, 9.17) is 4.74 Å². The van der Waals surface area contributed by atoms with Gasteiger partial charge in [-0.05, 0) is 66.5 Å². The van der Waals surface area contributed by atoms with Crippen LogP contribution >= 0.6 is 0 Å². The Bertz CT molecular complexity index is 321. The number of esters is 1. The van der Waals surface area contributed by atoms with Gasteiger partial charge in [0.15, 0.2) is 0 Å². The fraction of sp³-hybridized carbons (Fsp3) is 0.938. The molecule has 0 amide bonds. The van der Waals surface area contributed by atoms with E-state index in [1.54, 1.807) is 0 Å². The van der Waals surface area contributed by atoms with Crippen molar-refractivity contribution in [2.24, 2.45) is 11.3 Å². The summed E-state index contributed by atoms with van der Waals surface area (Å²) in [5.74, 6) is 0.559. The number of methoxy groups -OCH3 is 1. The summed E-state index contributed by atoms with van der Waals surface area (Å²) in [6.07, 6.45) is 2.49. The molecule has 4 nitrogen and oxygen atoms in total. The monoisotopic (exact) mass is 284 g/mol. The number of ether oxygens (including phenoxy) is 1. The Morgan fingerprint density at radius 3 is 2.50 bits per heavy atom. The molecular formula is C16H32N2O2. The highest BCUT2D eigenvalue weighted by molar-refractivity contribution is 5.76. The lowest BCUT2D eigenvalue weighted by Gasteiger charge is -2.37. The summed E-state index contributed by atoms with van der Waals surface area (Å²) >= 11 is 0. The van der Waals surface area contributed by atoms with E-state index in [9.17, 15) is 4.79 Å². The maximum Gasteiger partial charge on any atom is 0.312 e. The number of nitrogens with zero attached hydrogens (tertiary/aromatic N) is 1. The zero-order valence-electron chi connectivity index (χ0n) is 14.1. The molecule has 0 radical (unpaired) electrons. The van der Waals surface area contributed by atoms with Crippen LogP contribution < -0.4 is 5.32 Å². The molecule has 118 valence electrons. The minimum atomic E-state index is -0.423. The van der Waals surface area contributed by atoms with Crippen molar-refractivity contribution < 1.29 is 9.53 Å². The molecule has 1 heterocycles. The van der Waals surface area contributed by atoms with Crippen LogP contribution in [0.25, 0.3) is 0 Å². The standard InChI is InChI=1S/C16H32N2O2/c1-15(2,3)17-10-13-8-7-9-18(11-13)12-16(4,5)14(19)20-6/h13,17H,7-12H2,1-6H3. The molecule has 1 N–H and O–H groups in total. The van der Waals surface area contributed by atoms with Gasteiger partial charge < -0.3 is 15.0 Å². The van der Waals surface area contributed by atoms with Crippen molar-refractivity contribution >= 4 is 5.97 Å². The zero-order valence-corrected chi connectivity index (χ0v) is 14.1. The number of piperidine rings is 1. The van der Waals surface area contributed by atoms with E-state index in [2.05, 4.69) is 31.0 Å². The van der Waals surface area contributed by atoms with Crippen LogP contribution in [0.3, 0.4) is 0 Å². The molecule has 20 heavy (non-hydrogen) atoms. The summed E-state index contributed by atoms with van der Waals surface area (Å²) in [5.41, 5.74) is -0.248. The first kappa shape index (κ1) is 17.4. The molecule has 4 heteroatoms. The molecule has 1 rings (SSSR count). The Balaban J connectivity index is 2.47. The Hall–Kier alpha value is -0.610. The lowest BCUT2D eigenvalue weighted by molar-refractivity contribution is -0.152. The number of likely N-dealkylation sites (tertiary alicyclic amines) is 1. The summed E-state index contributed by atoms with van der Waals surface area (Å²) in [6, 6.07) is 0. The van der Waals surface area contributed by atoms with Crippen LogP contribution in [0.2, 0.25) is 0 Å². The molecule has 0 aromatic carbocycles.